The normalized spacial score (nSPS) is 14.8. The van der Waals surface area contributed by atoms with Gasteiger partial charge in [0.15, 0.2) is 0 Å². The maximum absolute atomic E-state index is 10.7. The molecule has 1 aromatic heterocycles. The fraction of sp³-hybridized carbons (Fsp3) is 0.200. The zero-order chi connectivity index (χ0) is 14.1. The van der Waals surface area contributed by atoms with Gasteiger partial charge in [-0.2, -0.15) is 5.10 Å². The van der Waals surface area contributed by atoms with Gasteiger partial charge in [0.1, 0.15) is 0 Å². The molecular formula is C15H13ClN2O2. The van der Waals surface area contributed by atoms with Gasteiger partial charge in [-0.05, 0) is 43.2 Å². The summed E-state index contributed by atoms with van der Waals surface area (Å²) < 4.78 is 1.77. The zero-order valence-corrected chi connectivity index (χ0v) is 11.4. The molecule has 0 spiro atoms. The van der Waals surface area contributed by atoms with Crippen molar-refractivity contribution in [3.8, 4) is 5.69 Å². The molecule has 1 aromatic carbocycles. The van der Waals surface area contributed by atoms with Gasteiger partial charge in [-0.25, -0.2) is 9.48 Å². The zero-order valence-electron chi connectivity index (χ0n) is 10.7. The summed E-state index contributed by atoms with van der Waals surface area (Å²) in [7, 11) is 0. The summed E-state index contributed by atoms with van der Waals surface area (Å²) in [5.41, 5.74) is 2.64. The minimum atomic E-state index is -0.991. The molecule has 20 heavy (non-hydrogen) atoms. The molecule has 0 bridgehead atoms. The van der Waals surface area contributed by atoms with Crippen molar-refractivity contribution in [1.82, 2.24) is 9.78 Å². The number of carboxylic acids is 1. The summed E-state index contributed by atoms with van der Waals surface area (Å²) in [6, 6.07) is 7.35. The van der Waals surface area contributed by atoms with Crippen LogP contribution in [0.5, 0.6) is 0 Å². The van der Waals surface area contributed by atoms with Crippen LogP contribution >= 0.6 is 11.6 Å². The number of carbonyl (C=O) groups is 1. The summed E-state index contributed by atoms with van der Waals surface area (Å²) in [6.45, 7) is 0. The van der Waals surface area contributed by atoms with Crippen molar-refractivity contribution in [2.24, 2.45) is 0 Å². The van der Waals surface area contributed by atoms with Crippen LogP contribution in [-0.4, -0.2) is 20.9 Å². The van der Waals surface area contributed by atoms with Crippen molar-refractivity contribution < 1.29 is 9.90 Å². The fourth-order valence-corrected chi connectivity index (χ4v) is 2.28. The Morgan fingerprint density at radius 2 is 2.20 bits per heavy atom. The number of aliphatic carboxylic acids is 1. The van der Waals surface area contributed by atoms with E-state index >= 15 is 0 Å². The Morgan fingerprint density at radius 3 is 2.90 bits per heavy atom. The van der Waals surface area contributed by atoms with E-state index in [-0.39, 0.29) is 0 Å². The van der Waals surface area contributed by atoms with Gasteiger partial charge in [-0.15, -0.1) is 0 Å². The lowest BCUT2D eigenvalue weighted by molar-refractivity contribution is -0.131. The summed E-state index contributed by atoms with van der Waals surface area (Å²) in [5.74, 6) is -0.406. The SMILES string of the molecule is O=C(O)/C=C/c1cc(Cl)ccc1-n1ccc(C2CC2)n1. The standard InChI is InChI=1S/C15H13ClN2O2/c16-12-4-5-14(11(9-12)3-6-15(19)20)18-8-7-13(17-18)10-1-2-10/h3-10H,1-2H2,(H,19,20)/b6-3+. The highest BCUT2D eigenvalue weighted by Crippen LogP contribution is 2.39. The average molecular weight is 289 g/mol. The Bertz CT molecular complexity index is 687. The van der Waals surface area contributed by atoms with Crippen LogP contribution in [0.3, 0.4) is 0 Å². The van der Waals surface area contributed by atoms with Crippen LogP contribution in [0.1, 0.15) is 30.0 Å². The minimum Gasteiger partial charge on any atom is -0.478 e. The third kappa shape index (κ3) is 2.75. The Hall–Kier alpha value is -2.07. The van der Waals surface area contributed by atoms with Gasteiger partial charge in [-0.3, -0.25) is 0 Å². The first-order valence-corrected chi connectivity index (χ1v) is 6.78. The molecule has 1 N–H and O–H groups in total. The highest BCUT2D eigenvalue weighted by atomic mass is 35.5. The molecule has 1 aliphatic rings. The molecule has 1 aliphatic carbocycles. The second-order valence-electron chi connectivity index (χ2n) is 4.83. The molecule has 0 amide bonds. The Morgan fingerprint density at radius 1 is 1.40 bits per heavy atom. The van der Waals surface area contributed by atoms with E-state index in [0.29, 0.717) is 10.9 Å². The molecule has 5 heteroatoms. The number of hydrogen-bond donors (Lipinski definition) is 1. The van der Waals surface area contributed by atoms with Gasteiger partial charge in [0.05, 0.1) is 11.4 Å². The monoisotopic (exact) mass is 288 g/mol. The molecule has 0 unspecified atom stereocenters. The van der Waals surface area contributed by atoms with Gasteiger partial charge in [0.25, 0.3) is 0 Å². The lowest BCUT2D eigenvalue weighted by Crippen LogP contribution is -1.99. The predicted molar refractivity (Wildman–Crippen MR) is 77.2 cm³/mol. The fourth-order valence-electron chi connectivity index (χ4n) is 2.10. The van der Waals surface area contributed by atoms with E-state index in [1.165, 1.54) is 18.9 Å². The Balaban J connectivity index is 2.00. The topological polar surface area (TPSA) is 55.1 Å². The van der Waals surface area contributed by atoms with E-state index in [9.17, 15) is 4.79 Å². The van der Waals surface area contributed by atoms with Crippen molar-refractivity contribution in [3.63, 3.8) is 0 Å². The van der Waals surface area contributed by atoms with Crippen LogP contribution in [0.25, 0.3) is 11.8 Å². The van der Waals surface area contributed by atoms with Gasteiger partial charge in [-0.1, -0.05) is 11.6 Å². The molecule has 3 rings (SSSR count). The molecule has 2 aromatic rings. The number of nitrogens with zero attached hydrogens (tertiary/aromatic N) is 2. The van der Waals surface area contributed by atoms with Crippen LogP contribution in [0.15, 0.2) is 36.5 Å². The quantitative estimate of drug-likeness (QED) is 0.876. The van der Waals surface area contributed by atoms with Crippen LogP contribution in [0.2, 0.25) is 5.02 Å². The van der Waals surface area contributed by atoms with Crippen LogP contribution < -0.4 is 0 Å². The lowest BCUT2D eigenvalue weighted by Gasteiger charge is -2.06. The van der Waals surface area contributed by atoms with Crippen LogP contribution in [0.4, 0.5) is 0 Å². The van der Waals surface area contributed by atoms with E-state index in [4.69, 9.17) is 16.7 Å². The third-order valence-electron chi connectivity index (χ3n) is 3.25. The number of rotatable bonds is 4. The minimum absolute atomic E-state index is 0.563. The molecule has 0 radical (unpaired) electrons. The number of aromatic nitrogens is 2. The first-order valence-electron chi connectivity index (χ1n) is 6.40. The first kappa shape index (κ1) is 12.9. The number of benzene rings is 1. The highest BCUT2D eigenvalue weighted by molar-refractivity contribution is 6.30. The van der Waals surface area contributed by atoms with Gasteiger partial charge in [0, 0.05) is 28.8 Å². The van der Waals surface area contributed by atoms with Crippen molar-refractivity contribution in [3.05, 3.63) is 52.8 Å². The largest absolute Gasteiger partial charge is 0.478 e. The molecule has 0 aliphatic heterocycles. The molecule has 4 nitrogen and oxygen atoms in total. The first-order chi connectivity index (χ1) is 9.63. The third-order valence-corrected chi connectivity index (χ3v) is 3.48. The molecular weight excluding hydrogens is 276 g/mol. The summed E-state index contributed by atoms with van der Waals surface area (Å²) in [6.07, 6.45) is 6.92. The van der Waals surface area contributed by atoms with E-state index in [1.807, 2.05) is 18.3 Å². The highest BCUT2D eigenvalue weighted by Gasteiger charge is 2.26. The average Bonchev–Trinajstić information content (AvgIpc) is 3.15. The second-order valence-corrected chi connectivity index (χ2v) is 5.27. The second kappa shape index (κ2) is 5.13. The molecule has 0 atom stereocenters. The van der Waals surface area contributed by atoms with Crippen molar-refractivity contribution in [2.45, 2.75) is 18.8 Å². The molecule has 0 saturated heterocycles. The molecule has 102 valence electrons. The molecule has 1 heterocycles. The van der Waals surface area contributed by atoms with Gasteiger partial charge in [0.2, 0.25) is 0 Å². The molecule has 1 saturated carbocycles. The van der Waals surface area contributed by atoms with Crippen molar-refractivity contribution in [2.75, 3.05) is 0 Å². The van der Waals surface area contributed by atoms with E-state index in [1.54, 1.807) is 16.8 Å². The summed E-state index contributed by atoms with van der Waals surface area (Å²) in [4.78, 5) is 10.7. The summed E-state index contributed by atoms with van der Waals surface area (Å²) in [5, 5.41) is 13.9. The van der Waals surface area contributed by atoms with Gasteiger partial charge >= 0.3 is 5.97 Å². The Labute approximate surface area is 121 Å². The Kier molecular flexibility index (Phi) is 3.32. The van der Waals surface area contributed by atoms with Crippen LogP contribution in [-0.2, 0) is 4.79 Å². The number of halogens is 1. The predicted octanol–water partition coefficient (Wildman–Crippen LogP) is 3.50. The lowest BCUT2D eigenvalue weighted by atomic mass is 10.1. The maximum atomic E-state index is 10.7. The van der Waals surface area contributed by atoms with Crippen LogP contribution in [0, 0.1) is 0 Å². The van der Waals surface area contributed by atoms with E-state index < -0.39 is 5.97 Å². The van der Waals surface area contributed by atoms with E-state index in [0.717, 1.165) is 23.0 Å². The molecule has 1 fully saturated rings. The summed E-state index contributed by atoms with van der Waals surface area (Å²) >= 11 is 5.97. The van der Waals surface area contributed by atoms with E-state index in [2.05, 4.69) is 5.10 Å². The van der Waals surface area contributed by atoms with Crippen molar-refractivity contribution >= 4 is 23.6 Å². The number of carboxylic acid groups (broad SMARTS) is 1. The smallest absolute Gasteiger partial charge is 0.328 e. The maximum Gasteiger partial charge on any atom is 0.328 e. The number of hydrogen-bond acceptors (Lipinski definition) is 2. The van der Waals surface area contributed by atoms with Gasteiger partial charge < -0.3 is 5.11 Å². The van der Waals surface area contributed by atoms with Crippen molar-refractivity contribution in [1.29, 1.82) is 0 Å².